The highest BCUT2D eigenvalue weighted by Crippen LogP contribution is 2.24. The van der Waals surface area contributed by atoms with Gasteiger partial charge in [-0.1, -0.05) is 38.1 Å². The van der Waals surface area contributed by atoms with E-state index in [1.807, 2.05) is 49.6 Å². The quantitative estimate of drug-likeness (QED) is 0.551. The summed E-state index contributed by atoms with van der Waals surface area (Å²) in [5.74, 6) is 1.66. The molecule has 1 fully saturated rings. The first-order valence-electron chi connectivity index (χ1n) is 11.2. The van der Waals surface area contributed by atoms with Crippen LogP contribution in [-0.4, -0.2) is 60.3 Å². The number of hydrogen-bond acceptors (Lipinski definition) is 5. The zero-order valence-electron chi connectivity index (χ0n) is 19.4. The molecule has 1 aliphatic heterocycles. The molecule has 0 spiro atoms. The summed E-state index contributed by atoms with van der Waals surface area (Å²) in [5, 5.41) is 8.84. The van der Waals surface area contributed by atoms with Crippen molar-refractivity contribution in [1.29, 1.82) is 0 Å². The van der Waals surface area contributed by atoms with Crippen LogP contribution in [0.3, 0.4) is 0 Å². The van der Waals surface area contributed by atoms with E-state index in [2.05, 4.69) is 16.0 Å². The van der Waals surface area contributed by atoms with Gasteiger partial charge in [0.2, 0.25) is 5.91 Å². The van der Waals surface area contributed by atoms with Gasteiger partial charge in [0.05, 0.1) is 29.0 Å². The van der Waals surface area contributed by atoms with Gasteiger partial charge in [0, 0.05) is 31.1 Å². The van der Waals surface area contributed by atoms with Crippen molar-refractivity contribution < 1.29 is 14.4 Å². The van der Waals surface area contributed by atoms with Crippen molar-refractivity contribution in [2.45, 2.75) is 20.8 Å². The van der Waals surface area contributed by atoms with E-state index in [0.717, 1.165) is 30.2 Å². The lowest BCUT2D eigenvalue weighted by molar-refractivity contribution is -0.114. The third kappa shape index (κ3) is 6.74. The molecule has 176 valence electrons. The van der Waals surface area contributed by atoms with E-state index in [1.54, 1.807) is 30.3 Å². The van der Waals surface area contributed by atoms with Gasteiger partial charge in [0.1, 0.15) is 0 Å². The van der Waals surface area contributed by atoms with Crippen molar-refractivity contribution in [2.24, 2.45) is 5.92 Å². The minimum absolute atomic E-state index is 0.0194. The molecule has 3 N–H and O–H groups in total. The minimum atomic E-state index is -0.296. The van der Waals surface area contributed by atoms with Gasteiger partial charge in [-0.15, -0.1) is 0 Å². The zero-order chi connectivity index (χ0) is 23.8. The summed E-state index contributed by atoms with van der Waals surface area (Å²) in [5.41, 5.74) is 3.01. The Hall–Kier alpha value is -3.00. The number of para-hydroxylation sites is 2. The predicted molar refractivity (Wildman–Crippen MR) is 135 cm³/mol. The van der Waals surface area contributed by atoms with Gasteiger partial charge < -0.3 is 20.9 Å². The maximum atomic E-state index is 13.1. The summed E-state index contributed by atoms with van der Waals surface area (Å²) in [6.07, 6.45) is 0. The fourth-order valence-electron chi connectivity index (χ4n) is 3.56. The van der Waals surface area contributed by atoms with E-state index in [1.165, 1.54) is 0 Å². The van der Waals surface area contributed by atoms with Crippen molar-refractivity contribution in [3.05, 3.63) is 59.2 Å². The Kier molecular flexibility index (Phi) is 8.77. The van der Waals surface area contributed by atoms with E-state index in [4.69, 9.17) is 0 Å². The molecule has 0 bridgehead atoms. The van der Waals surface area contributed by atoms with Crippen LogP contribution in [0, 0.1) is 12.8 Å². The van der Waals surface area contributed by atoms with Gasteiger partial charge in [-0.3, -0.25) is 14.4 Å². The average molecular weight is 469 g/mol. The summed E-state index contributed by atoms with van der Waals surface area (Å²) < 4.78 is 0. The summed E-state index contributed by atoms with van der Waals surface area (Å²) >= 11 is 1.85. The van der Waals surface area contributed by atoms with E-state index in [0.29, 0.717) is 35.0 Å². The second kappa shape index (κ2) is 11.7. The van der Waals surface area contributed by atoms with Crippen LogP contribution in [0.1, 0.15) is 40.1 Å². The summed E-state index contributed by atoms with van der Waals surface area (Å²) in [6, 6.07) is 12.5. The molecule has 8 heteroatoms. The lowest BCUT2D eigenvalue weighted by Crippen LogP contribution is -2.38. The minimum Gasteiger partial charge on any atom is -0.375 e. The summed E-state index contributed by atoms with van der Waals surface area (Å²) in [6.45, 7) is 7.95. The lowest BCUT2D eigenvalue weighted by atomic mass is 10.1. The molecule has 0 unspecified atom stereocenters. The number of hydrogen-bond donors (Lipinski definition) is 3. The molecule has 0 aliphatic carbocycles. The smallest absolute Gasteiger partial charge is 0.256 e. The highest BCUT2D eigenvalue weighted by molar-refractivity contribution is 7.99. The fraction of sp³-hybridized carbons (Fsp3) is 0.400. The molecular weight excluding hydrogens is 436 g/mol. The Morgan fingerprint density at radius 2 is 1.70 bits per heavy atom. The van der Waals surface area contributed by atoms with Crippen LogP contribution in [0.15, 0.2) is 42.5 Å². The molecule has 0 saturated carbocycles. The molecule has 3 amide bonds. The second-order valence-corrected chi connectivity index (χ2v) is 9.68. The predicted octanol–water partition coefficient (Wildman–Crippen LogP) is 3.62. The van der Waals surface area contributed by atoms with E-state index >= 15 is 0 Å². The van der Waals surface area contributed by atoms with Gasteiger partial charge in [-0.2, -0.15) is 11.8 Å². The Morgan fingerprint density at radius 3 is 2.42 bits per heavy atom. The summed E-state index contributed by atoms with van der Waals surface area (Å²) in [7, 11) is 0. The van der Waals surface area contributed by atoms with Gasteiger partial charge in [0.25, 0.3) is 11.8 Å². The molecule has 33 heavy (non-hydrogen) atoms. The number of benzene rings is 2. The normalized spacial score (nSPS) is 13.5. The average Bonchev–Trinajstić information content (AvgIpc) is 2.82. The number of rotatable bonds is 8. The summed E-state index contributed by atoms with van der Waals surface area (Å²) in [4.78, 5) is 40.2. The first kappa shape index (κ1) is 24.6. The van der Waals surface area contributed by atoms with Gasteiger partial charge in [0.15, 0.2) is 0 Å². The number of nitrogens with one attached hydrogen (secondary N) is 3. The van der Waals surface area contributed by atoms with Crippen LogP contribution in [0.2, 0.25) is 0 Å². The zero-order valence-corrected chi connectivity index (χ0v) is 20.3. The third-order valence-corrected chi connectivity index (χ3v) is 6.29. The van der Waals surface area contributed by atoms with E-state index in [9.17, 15) is 14.4 Å². The molecule has 0 radical (unpaired) electrons. The highest BCUT2D eigenvalue weighted by Gasteiger charge is 2.22. The van der Waals surface area contributed by atoms with Crippen molar-refractivity contribution in [3.8, 4) is 0 Å². The Balaban J connectivity index is 1.67. The molecule has 7 nitrogen and oxygen atoms in total. The number of carbonyl (C=O) groups is 3. The standard InChI is InChI=1S/C25H32N4O3S/c1-17(2)15-27-24(31)19-8-4-5-10-21(19)28-22(30)16-26-23-18(3)7-6-9-20(23)25(32)29-11-13-33-14-12-29/h4-10,17,26H,11-16H2,1-3H3,(H,27,31)(H,28,30). The van der Waals surface area contributed by atoms with Crippen LogP contribution >= 0.6 is 11.8 Å². The van der Waals surface area contributed by atoms with Crippen LogP contribution < -0.4 is 16.0 Å². The number of aryl methyl sites for hydroxylation is 1. The molecule has 1 saturated heterocycles. The van der Waals surface area contributed by atoms with Gasteiger partial charge >= 0.3 is 0 Å². The number of nitrogens with zero attached hydrogens (tertiary/aromatic N) is 1. The monoisotopic (exact) mass is 468 g/mol. The fourth-order valence-corrected chi connectivity index (χ4v) is 4.47. The number of thioether (sulfide) groups is 1. The second-order valence-electron chi connectivity index (χ2n) is 8.45. The SMILES string of the molecule is Cc1cccc(C(=O)N2CCSCC2)c1NCC(=O)Nc1ccccc1C(=O)NCC(C)C. The van der Waals surface area contributed by atoms with Crippen LogP contribution in [0.5, 0.6) is 0 Å². The molecule has 1 heterocycles. The largest absolute Gasteiger partial charge is 0.375 e. The third-order valence-electron chi connectivity index (χ3n) is 5.34. The molecule has 2 aromatic rings. The molecule has 1 aliphatic rings. The first-order valence-corrected chi connectivity index (χ1v) is 12.4. The van der Waals surface area contributed by atoms with Gasteiger partial charge in [-0.05, 0) is 36.6 Å². The van der Waals surface area contributed by atoms with Crippen LogP contribution in [-0.2, 0) is 4.79 Å². The molecule has 2 aromatic carbocycles. The lowest BCUT2D eigenvalue weighted by Gasteiger charge is -2.27. The molecule has 0 aromatic heterocycles. The highest BCUT2D eigenvalue weighted by atomic mass is 32.2. The molecular formula is C25H32N4O3S. The Morgan fingerprint density at radius 1 is 1.00 bits per heavy atom. The Labute approximate surface area is 199 Å². The van der Waals surface area contributed by atoms with Crippen molar-refractivity contribution >= 4 is 40.9 Å². The van der Waals surface area contributed by atoms with Crippen LogP contribution in [0.4, 0.5) is 11.4 Å². The topological polar surface area (TPSA) is 90.5 Å². The maximum Gasteiger partial charge on any atom is 0.256 e. The number of anilines is 2. The van der Waals surface area contributed by atoms with E-state index < -0.39 is 0 Å². The van der Waals surface area contributed by atoms with Crippen molar-refractivity contribution in [3.63, 3.8) is 0 Å². The van der Waals surface area contributed by atoms with Crippen molar-refractivity contribution in [2.75, 3.05) is 48.3 Å². The molecule has 3 rings (SSSR count). The number of amides is 3. The maximum absolute atomic E-state index is 13.1. The number of carbonyl (C=O) groups excluding carboxylic acids is 3. The first-order chi connectivity index (χ1) is 15.9. The van der Waals surface area contributed by atoms with E-state index in [-0.39, 0.29) is 24.3 Å². The molecule has 0 atom stereocenters. The van der Waals surface area contributed by atoms with Crippen molar-refractivity contribution in [1.82, 2.24) is 10.2 Å². The Bertz CT molecular complexity index is 1000. The van der Waals surface area contributed by atoms with Crippen LogP contribution in [0.25, 0.3) is 0 Å². The van der Waals surface area contributed by atoms with Gasteiger partial charge in [-0.25, -0.2) is 0 Å².